The summed E-state index contributed by atoms with van der Waals surface area (Å²) < 4.78 is 20.3. The summed E-state index contributed by atoms with van der Waals surface area (Å²) in [6.45, 7) is 7.12. The van der Waals surface area contributed by atoms with Gasteiger partial charge in [-0.05, 0) is 49.5 Å². The number of ether oxygens (including phenoxy) is 4. The lowest BCUT2D eigenvalue weighted by molar-refractivity contribution is -0.203. The first-order valence-electron chi connectivity index (χ1n) is 12.3. The minimum absolute atomic E-state index is 0.0215. The van der Waals surface area contributed by atoms with Crippen LogP contribution in [0.5, 0.6) is 0 Å². The van der Waals surface area contributed by atoms with E-state index in [1.807, 2.05) is 6.08 Å². The number of hydrogen-bond donors (Lipinski definition) is 2. The van der Waals surface area contributed by atoms with Crippen molar-refractivity contribution in [2.24, 2.45) is 11.8 Å². The van der Waals surface area contributed by atoms with Gasteiger partial charge in [0.2, 0.25) is 5.79 Å². The van der Waals surface area contributed by atoms with Crippen molar-refractivity contribution in [3.05, 3.63) is 36.6 Å². The summed E-state index contributed by atoms with van der Waals surface area (Å²) in [5.74, 6) is 4.22. The quantitative estimate of drug-likeness (QED) is 0.141. The van der Waals surface area contributed by atoms with Gasteiger partial charge in [-0.2, -0.15) is 0 Å². The highest BCUT2D eigenvalue weighted by Crippen LogP contribution is 2.35. The lowest BCUT2D eigenvalue weighted by Gasteiger charge is -2.29. The van der Waals surface area contributed by atoms with Crippen molar-refractivity contribution in [2.45, 2.75) is 64.2 Å². The Kier molecular flexibility index (Phi) is 11.7. The van der Waals surface area contributed by atoms with Crippen LogP contribution in [0, 0.1) is 23.7 Å². The molecule has 0 aromatic heterocycles. The Labute approximate surface area is 217 Å². The molecule has 1 aliphatic heterocycles. The van der Waals surface area contributed by atoms with Crippen LogP contribution >= 0.6 is 0 Å². The van der Waals surface area contributed by atoms with Crippen LogP contribution in [-0.2, 0) is 33.3 Å². The minimum atomic E-state index is -0.993. The molecule has 37 heavy (non-hydrogen) atoms. The second-order valence-electron chi connectivity index (χ2n) is 9.19. The van der Waals surface area contributed by atoms with Gasteiger partial charge in [0.05, 0.1) is 13.2 Å². The second-order valence-corrected chi connectivity index (χ2v) is 9.19. The maximum Gasteiger partial charge on any atom is 0.408 e. The van der Waals surface area contributed by atoms with Crippen molar-refractivity contribution >= 4 is 23.9 Å². The molecule has 0 aromatic carbocycles. The Bertz CT molecular complexity index is 973. The van der Waals surface area contributed by atoms with Gasteiger partial charge in [-0.3, -0.25) is 4.79 Å². The number of esters is 2. The summed E-state index contributed by atoms with van der Waals surface area (Å²) in [5, 5.41) is 5.13. The predicted molar refractivity (Wildman–Crippen MR) is 134 cm³/mol. The number of hydrogen-bond acceptors (Lipinski definition) is 8. The van der Waals surface area contributed by atoms with Gasteiger partial charge in [0.1, 0.15) is 18.4 Å². The second kappa shape index (κ2) is 14.7. The van der Waals surface area contributed by atoms with E-state index < -0.39 is 35.8 Å². The fourth-order valence-electron chi connectivity index (χ4n) is 4.12. The van der Waals surface area contributed by atoms with Crippen molar-refractivity contribution in [1.82, 2.24) is 10.6 Å². The number of rotatable bonds is 11. The molecule has 10 nitrogen and oxygen atoms in total. The average Bonchev–Trinajstić information content (AvgIpc) is 3.28. The number of cyclic esters (lactones) is 1. The van der Waals surface area contributed by atoms with Gasteiger partial charge in [0, 0.05) is 26.8 Å². The molecule has 2 aliphatic rings. The molecule has 3 atom stereocenters. The Morgan fingerprint density at radius 2 is 2.08 bits per heavy atom. The average molecular weight is 517 g/mol. The maximum absolute atomic E-state index is 12.1. The van der Waals surface area contributed by atoms with Gasteiger partial charge in [0.25, 0.3) is 5.91 Å². The first kappa shape index (κ1) is 29.5. The van der Waals surface area contributed by atoms with Crippen LogP contribution in [0.25, 0.3) is 0 Å². The van der Waals surface area contributed by atoms with Crippen LogP contribution in [-0.4, -0.2) is 56.0 Å². The standard InChI is InChI=1S/C27H36N2O8/c1-5-17-35-26(33)29-22(25(32)34-4)12-8-16-28-23(30)13-7-11-19-9-6-10-20(19)14-15-21-18-24(31)37-27(2,3)36-21/h5,14-15,18-20,22H,1,6,8-12,16-17H2,2-4H3,(H,28,30)(H,29,33)/b15-14+/t19-,20-,22?/m1/s1. The zero-order valence-corrected chi connectivity index (χ0v) is 21.7. The summed E-state index contributed by atoms with van der Waals surface area (Å²) in [6, 6.07) is -0.885. The third-order valence-corrected chi connectivity index (χ3v) is 5.83. The number of carbonyl (C=O) groups is 4. The smallest absolute Gasteiger partial charge is 0.408 e. The fourth-order valence-corrected chi connectivity index (χ4v) is 4.12. The van der Waals surface area contributed by atoms with Gasteiger partial charge >= 0.3 is 18.0 Å². The molecule has 0 radical (unpaired) electrons. The molecule has 0 spiro atoms. The van der Waals surface area contributed by atoms with E-state index in [4.69, 9.17) is 18.9 Å². The van der Waals surface area contributed by atoms with E-state index in [9.17, 15) is 19.2 Å². The molecule has 2 rings (SSSR count). The van der Waals surface area contributed by atoms with E-state index in [0.717, 1.165) is 19.3 Å². The van der Waals surface area contributed by atoms with Gasteiger partial charge in [-0.15, -0.1) is 0 Å². The van der Waals surface area contributed by atoms with Crippen molar-refractivity contribution in [3.8, 4) is 11.8 Å². The predicted octanol–water partition coefficient (Wildman–Crippen LogP) is 2.90. The molecule has 1 saturated carbocycles. The number of methoxy groups -OCH3 is 1. The molecule has 1 unspecified atom stereocenters. The Balaban J connectivity index is 1.76. The van der Waals surface area contributed by atoms with E-state index in [1.165, 1.54) is 19.3 Å². The number of carbonyl (C=O) groups excluding carboxylic acids is 4. The van der Waals surface area contributed by atoms with E-state index >= 15 is 0 Å². The SMILES string of the molecule is C=CCOC(=O)NC(CCCNC(=O)C#CC[C@H]1CCC[C@@H]1/C=C/C1=CC(=O)OC(C)(C)O1)C(=O)OC. The number of amides is 2. The van der Waals surface area contributed by atoms with Crippen molar-refractivity contribution < 1.29 is 38.1 Å². The van der Waals surface area contributed by atoms with Crippen LogP contribution in [0.15, 0.2) is 36.6 Å². The largest absolute Gasteiger partial charge is 0.467 e. The molecule has 0 saturated heterocycles. The molecule has 1 fully saturated rings. The molecule has 0 aromatic rings. The topological polar surface area (TPSA) is 129 Å². The number of allylic oxidation sites excluding steroid dienone is 2. The highest BCUT2D eigenvalue weighted by molar-refractivity contribution is 5.93. The normalized spacial score (nSPS) is 20.8. The third kappa shape index (κ3) is 10.8. The summed E-state index contributed by atoms with van der Waals surface area (Å²) >= 11 is 0. The van der Waals surface area contributed by atoms with Crippen LogP contribution in [0.3, 0.4) is 0 Å². The van der Waals surface area contributed by atoms with Gasteiger partial charge in [-0.25, -0.2) is 14.4 Å². The van der Waals surface area contributed by atoms with Crippen LogP contribution < -0.4 is 10.6 Å². The van der Waals surface area contributed by atoms with Crippen LogP contribution in [0.1, 0.15) is 52.4 Å². The van der Waals surface area contributed by atoms with E-state index in [2.05, 4.69) is 29.1 Å². The zero-order chi connectivity index (χ0) is 27.3. The van der Waals surface area contributed by atoms with Gasteiger partial charge in [0.15, 0.2) is 0 Å². The lowest BCUT2D eigenvalue weighted by atomic mass is 9.92. The maximum atomic E-state index is 12.1. The molecule has 1 aliphatic carbocycles. The molecular formula is C27H36N2O8. The highest BCUT2D eigenvalue weighted by Gasteiger charge is 2.30. The number of nitrogens with one attached hydrogen (secondary N) is 2. The lowest BCUT2D eigenvalue weighted by Crippen LogP contribution is -2.42. The molecule has 0 bridgehead atoms. The Morgan fingerprint density at radius 3 is 2.78 bits per heavy atom. The first-order chi connectivity index (χ1) is 17.6. The summed E-state index contributed by atoms with van der Waals surface area (Å²) in [4.78, 5) is 47.3. The van der Waals surface area contributed by atoms with E-state index in [0.29, 0.717) is 24.5 Å². The van der Waals surface area contributed by atoms with E-state index in [-0.39, 0.29) is 25.5 Å². The molecule has 202 valence electrons. The Morgan fingerprint density at radius 1 is 1.30 bits per heavy atom. The van der Waals surface area contributed by atoms with Crippen molar-refractivity contribution in [3.63, 3.8) is 0 Å². The highest BCUT2D eigenvalue weighted by atomic mass is 16.7. The van der Waals surface area contributed by atoms with Crippen molar-refractivity contribution in [2.75, 3.05) is 20.3 Å². The number of alkyl carbamates (subject to hydrolysis) is 1. The minimum Gasteiger partial charge on any atom is -0.467 e. The van der Waals surface area contributed by atoms with Crippen LogP contribution in [0.2, 0.25) is 0 Å². The molecule has 2 N–H and O–H groups in total. The summed E-state index contributed by atoms with van der Waals surface area (Å²) in [5.41, 5.74) is 0. The Hall–Kier alpha value is -3.74. The third-order valence-electron chi connectivity index (χ3n) is 5.83. The molecule has 10 heteroatoms. The van der Waals surface area contributed by atoms with Crippen molar-refractivity contribution in [1.29, 1.82) is 0 Å². The fraction of sp³-hybridized carbons (Fsp3) is 0.556. The monoisotopic (exact) mass is 516 g/mol. The van der Waals surface area contributed by atoms with Gasteiger partial charge in [-0.1, -0.05) is 31.1 Å². The summed E-state index contributed by atoms with van der Waals surface area (Å²) in [7, 11) is 1.23. The zero-order valence-electron chi connectivity index (χ0n) is 21.7. The van der Waals surface area contributed by atoms with E-state index in [1.54, 1.807) is 19.9 Å². The van der Waals surface area contributed by atoms with Crippen LogP contribution in [0.4, 0.5) is 4.79 Å². The molecule has 1 heterocycles. The molecule has 2 amide bonds. The molecular weight excluding hydrogens is 480 g/mol. The summed E-state index contributed by atoms with van der Waals surface area (Å²) in [6.07, 6.45) is 10.2. The first-order valence-corrected chi connectivity index (χ1v) is 12.3. The van der Waals surface area contributed by atoms with Gasteiger partial charge < -0.3 is 29.6 Å².